The summed E-state index contributed by atoms with van der Waals surface area (Å²) in [6.07, 6.45) is 12.6. The molecule has 2 heterocycles. The Labute approximate surface area is 100 Å². The van der Waals surface area contributed by atoms with E-state index in [4.69, 9.17) is 4.74 Å². The first-order valence-corrected chi connectivity index (χ1v) is 7.15. The van der Waals surface area contributed by atoms with E-state index in [2.05, 4.69) is 12.2 Å². The van der Waals surface area contributed by atoms with Crippen molar-refractivity contribution in [3.63, 3.8) is 0 Å². The van der Waals surface area contributed by atoms with Gasteiger partial charge in [0.05, 0.1) is 6.10 Å². The third-order valence-corrected chi connectivity index (χ3v) is 4.24. The van der Waals surface area contributed by atoms with E-state index in [1.165, 1.54) is 64.3 Å². The molecule has 16 heavy (non-hydrogen) atoms. The molecule has 2 heteroatoms. The van der Waals surface area contributed by atoms with Gasteiger partial charge in [-0.2, -0.15) is 0 Å². The maximum absolute atomic E-state index is 5.68. The van der Waals surface area contributed by atoms with Crippen LogP contribution in [0.3, 0.4) is 0 Å². The molecule has 0 aliphatic carbocycles. The quantitative estimate of drug-likeness (QED) is 0.793. The molecule has 0 saturated carbocycles. The summed E-state index contributed by atoms with van der Waals surface area (Å²) < 4.78 is 5.68. The van der Waals surface area contributed by atoms with Crippen LogP contribution in [0.15, 0.2) is 0 Å². The Morgan fingerprint density at radius 1 is 1.25 bits per heavy atom. The summed E-state index contributed by atoms with van der Waals surface area (Å²) in [5.74, 6) is 0. The average molecular weight is 225 g/mol. The van der Waals surface area contributed by atoms with Gasteiger partial charge < -0.3 is 10.1 Å². The van der Waals surface area contributed by atoms with Crippen molar-refractivity contribution in [2.75, 3.05) is 13.2 Å². The van der Waals surface area contributed by atoms with Crippen molar-refractivity contribution >= 4 is 0 Å². The standard InChI is InChI=1S/C14H27NO/c1-14(9-3-2-4-11-15-14)10-5-7-13-8-6-12-16-13/h13,15H,2-12H2,1H3. The maximum atomic E-state index is 5.68. The van der Waals surface area contributed by atoms with Gasteiger partial charge in [0.2, 0.25) is 0 Å². The lowest BCUT2D eigenvalue weighted by atomic mass is 9.89. The number of hydrogen-bond donors (Lipinski definition) is 1. The fourth-order valence-corrected chi connectivity index (χ4v) is 3.10. The van der Waals surface area contributed by atoms with Crippen LogP contribution in [0, 0.1) is 0 Å². The Bertz CT molecular complexity index is 191. The van der Waals surface area contributed by atoms with Gasteiger partial charge in [0, 0.05) is 12.1 Å². The fraction of sp³-hybridized carbons (Fsp3) is 1.00. The summed E-state index contributed by atoms with van der Waals surface area (Å²) >= 11 is 0. The van der Waals surface area contributed by atoms with Crippen molar-refractivity contribution in [2.45, 2.75) is 76.4 Å². The Hall–Kier alpha value is -0.0800. The summed E-state index contributed by atoms with van der Waals surface area (Å²) in [7, 11) is 0. The fourth-order valence-electron chi connectivity index (χ4n) is 3.10. The number of rotatable bonds is 4. The SMILES string of the molecule is CC1(CCCC2CCCO2)CCCCCN1. The molecular weight excluding hydrogens is 198 g/mol. The predicted octanol–water partition coefficient (Wildman–Crippen LogP) is 3.26. The number of ether oxygens (including phenoxy) is 1. The van der Waals surface area contributed by atoms with Gasteiger partial charge in [-0.25, -0.2) is 0 Å². The summed E-state index contributed by atoms with van der Waals surface area (Å²) in [6, 6.07) is 0. The Balaban J connectivity index is 1.66. The molecule has 0 radical (unpaired) electrons. The van der Waals surface area contributed by atoms with E-state index in [1.807, 2.05) is 0 Å². The van der Waals surface area contributed by atoms with Gasteiger partial charge in [0.15, 0.2) is 0 Å². The van der Waals surface area contributed by atoms with Gasteiger partial charge in [-0.3, -0.25) is 0 Å². The predicted molar refractivity (Wildman–Crippen MR) is 67.7 cm³/mol. The van der Waals surface area contributed by atoms with Crippen LogP contribution < -0.4 is 5.32 Å². The zero-order chi connectivity index (χ0) is 11.3. The monoisotopic (exact) mass is 225 g/mol. The molecule has 2 saturated heterocycles. The highest BCUT2D eigenvalue weighted by Gasteiger charge is 2.25. The summed E-state index contributed by atoms with van der Waals surface area (Å²) in [5.41, 5.74) is 0.412. The van der Waals surface area contributed by atoms with Gasteiger partial charge in [-0.05, 0) is 58.4 Å². The average Bonchev–Trinajstić information content (AvgIpc) is 2.68. The topological polar surface area (TPSA) is 21.3 Å². The van der Waals surface area contributed by atoms with Crippen molar-refractivity contribution in [2.24, 2.45) is 0 Å². The summed E-state index contributed by atoms with van der Waals surface area (Å²) in [5, 5.41) is 3.74. The highest BCUT2D eigenvalue weighted by molar-refractivity contribution is 4.85. The number of nitrogens with one attached hydrogen (secondary N) is 1. The lowest BCUT2D eigenvalue weighted by Crippen LogP contribution is -2.41. The van der Waals surface area contributed by atoms with Crippen molar-refractivity contribution in [1.82, 2.24) is 5.32 Å². The minimum atomic E-state index is 0.412. The first-order valence-electron chi connectivity index (χ1n) is 7.15. The van der Waals surface area contributed by atoms with Crippen molar-refractivity contribution in [3.05, 3.63) is 0 Å². The highest BCUT2D eigenvalue weighted by Crippen LogP contribution is 2.26. The molecule has 94 valence electrons. The normalized spacial score (nSPS) is 36.2. The third kappa shape index (κ3) is 3.74. The second-order valence-corrected chi connectivity index (χ2v) is 5.83. The second-order valence-electron chi connectivity index (χ2n) is 5.83. The van der Waals surface area contributed by atoms with E-state index in [9.17, 15) is 0 Å². The van der Waals surface area contributed by atoms with E-state index < -0.39 is 0 Å². The lowest BCUT2D eigenvalue weighted by Gasteiger charge is -2.29. The molecule has 0 amide bonds. The Kier molecular flexibility index (Phi) is 4.66. The van der Waals surface area contributed by atoms with Gasteiger partial charge in [-0.15, -0.1) is 0 Å². The van der Waals surface area contributed by atoms with E-state index in [-0.39, 0.29) is 0 Å². The van der Waals surface area contributed by atoms with Crippen molar-refractivity contribution in [3.8, 4) is 0 Å². The molecule has 0 bridgehead atoms. The van der Waals surface area contributed by atoms with Crippen LogP contribution in [0.4, 0.5) is 0 Å². The molecule has 2 aliphatic rings. The molecule has 2 aliphatic heterocycles. The number of hydrogen-bond acceptors (Lipinski definition) is 2. The van der Waals surface area contributed by atoms with Crippen LogP contribution in [0.5, 0.6) is 0 Å². The zero-order valence-electron chi connectivity index (χ0n) is 10.8. The van der Waals surface area contributed by atoms with Crippen molar-refractivity contribution < 1.29 is 4.74 Å². The maximum Gasteiger partial charge on any atom is 0.0576 e. The van der Waals surface area contributed by atoms with Gasteiger partial charge in [0.1, 0.15) is 0 Å². The molecule has 0 aromatic rings. The molecule has 0 aromatic heterocycles. The first kappa shape index (κ1) is 12.4. The van der Waals surface area contributed by atoms with Crippen molar-refractivity contribution in [1.29, 1.82) is 0 Å². The minimum Gasteiger partial charge on any atom is -0.378 e. The summed E-state index contributed by atoms with van der Waals surface area (Å²) in [6.45, 7) is 4.63. The molecule has 2 fully saturated rings. The highest BCUT2D eigenvalue weighted by atomic mass is 16.5. The Morgan fingerprint density at radius 3 is 3.00 bits per heavy atom. The minimum absolute atomic E-state index is 0.412. The Morgan fingerprint density at radius 2 is 2.19 bits per heavy atom. The molecule has 2 atom stereocenters. The van der Waals surface area contributed by atoms with Gasteiger partial charge in [-0.1, -0.05) is 12.8 Å². The molecule has 0 spiro atoms. The van der Waals surface area contributed by atoms with Crippen LogP contribution in [-0.2, 0) is 4.74 Å². The molecule has 2 unspecified atom stereocenters. The van der Waals surface area contributed by atoms with E-state index in [0.29, 0.717) is 11.6 Å². The van der Waals surface area contributed by atoms with E-state index in [1.54, 1.807) is 0 Å². The first-order chi connectivity index (χ1) is 7.79. The molecule has 0 aromatic carbocycles. The van der Waals surface area contributed by atoms with Crippen LogP contribution >= 0.6 is 0 Å². The molecule has 2 nitrogen and oxygen atoms in total. The zero-order valence-corrected chi connectivity index (χ0v) is 10.8. The smallest absolute Gasteiger partial charge is 0.0576 e. The van der Waals surface area contributed by atoms with Crippen LogP contribution in [0.2, 0.25) is 0 Å². The van der Waals surface area contributed by atoms with Gasteiger partial charge >= 0.3 is 0 Å². The molecule has 2 rings (SSSR count). The van der Waals surface area contributed by atoms with Crippen LogP contribution in [0.1, 0.15) is 64.7 Å². The third-order valence-electron chi connectivity index (χ3n) is 4.24. The lowest BCUT2D eigenvalue weighted by molar-refractivity contribution is 0.0993. The summed E-state index contributed by atoms with van der Waals surface area (Å²) in [4.78, 5) is 0. The largest absolute Gasteiger partial charge is 0.378 e. The van der Waals surface area contributed by atoms with E-state index in [0.717, 1.165) is 6.61 Å². The second kappa shape index (κ2) is 6.02. The van der Waals surface area contributed by atoms with Crippen LogP contribution in [0.25, 0.3) is 0 Å². The van der Waals surface area contributed by atoms with E-state index >= 15 is 0 Å². The molecular formula is C14H27NO. The molecule has 1 N–H and O–H groups in total. The van der Waals surface area contributed by atoms with Crippen LogP contribution in [-0.4, -0.2) is 24.8 Å². The van der Waals surface area contributed by atoms with Gasteiger partial charge in [0.25, 0.3) is 0 Å².